The van der Waals surface area contributed by atoms with E-state index in [4.69, 9.17) is 0 Å². The van der Waals surface area contributed by atoms with Gasteiger partial charge in [0.15, 0.2) is 0 Å². The Morgan fingerprint density at radius 3 is 2.48 bits per heavy atom. The second kappa shape index (κ2) is 7.46. The van der Waals surface area contributed by atoms with E-state index in [-0.39, 0.29) is 5.91 Å². The highest BCUT2D eigenvalue weighted by Crippen LogP contribution is 2.22. The van der Waals surface area contributed by atoms with Crippen molar-refractivity contribution in [3.63, 3.8) is 0 Å². The van der Waals surface area contributed by atoms with Crippen molar-refractivity contribution in [3.05, 3.63) is 29.8 Å². The molecule has 1 aliphatic rings. The van der Waals surface area contributed by atoms with Crippen LogP contribution in [0.4, 0.5) is 5.69 Å². The third-order valence-corrected chi connectivity index (χ3v) is 4.36. The molecule has 0 radical (unpaired) electrons. The van der Waals surface area contributed by atoms with Gasteiger partial charge in [0.2, 0.25) is 5.91 Å². The first-order chi connectivity index (χ1) is 10.2. The molecule has 1 N–H and O–H groups in total. The summed E-state index contributed by atoms with van der Waals surface area (Å²) in [6.45, 7) is 7.49. The van der Waals surface area contributed by atoms with Crippen molar-refractivity contribution in [2.24, 2.45) is 0 Å². The molecule has 0 spiro atoms. The first-order valence-corrected chi connectivity index (χ1v) is 7.93. The fraction of sp³-hybridized carbons (Fsp3) is 0.588. The molecule has 4 nitrogen and oxygen atoms in total. The van der Waals surface area contributed by atoms with Crippen molar-refractivity contribution in [3.8, 4) is 0 Å². The van der Waals surface area contributed by atoms with Crippen LogP contribution in [0.15, 0.2) is 24.3 Å². The Balaban J connectivity index is 2.03. The topological polar surface area (TPSA) is 35.6 Å². The van der Waals surface area contributed by atoms with E-state index in [1.807, 2.05) is 11.9 Å². The molecular weight excluding hydrogens is 262 g/mol. The van der Waals surface area contributed by atoms with Gasteiger partial charge in [-0.25, -0.2) is 0 Å². The number of rotatable bonds is 4. The van der Waals surface area contributed by atoms with Gasteiger partial charge in [-0.1, -0.05) is 19.1 Å². The maximum absolute atomic E-state index is 11.5. The molecule has 1 saturated heterocycles. The summed E-state index contributed by atoms with van der Waals surface area (Å²) in [6.07, 6.45) is 2.13. The van der Waals surface area contributed by atoms with Crippen LogP contribution in [-0.4, -0.2) is 44.0 Å². The molecule has 0 bridgehead atoms. The van der Waals surface area contributed by atoms with E-state index >= 15 is 0 Å². The van der Waals surface area contributed by atoms with Gasteiger partial charge in [0.05, 0.1) is 0 Å². The molecule has 21 heavy (non-hydrogen) atoms. The number of nitrogens with zero attached hydrogens (tertiary/aromatic N) is 2. The minimum absolute atomic E-state index is 0.187. The van der Waals surface area contributed by atoms with E-state index in [1.54, 1.807) is 6.92 Å². The first-order valence-electron chi connectivity index (χ1n) is 7.93. The normalized spacial score (nSPS) is 17.5. The van der Waals surface area contributed by atoms with E-state index in [1.165, 1.54) is 11.3 Å². The molecule has 0 saturated carbocycles. The quantitative estimate of drug-likeness (QED) is 0.924. The van der Waals surface area contributed by atoms with Crippen molar-refractivity contribution < 1.29 is 4.79 Å². The third-order valence-electron chi connectivity index (χ3n) is 4.36. The number of nitrogens with one attached hydrogen (secondary N) is 1. The van der Waals surface area contributed by atoms with Crippen LogP contribution in [0.2, 0.25) is 0 Å². The van der Waals surface area contributed by atoms with E-state index in [2.05, 4.69) is 41.4 Å². The highest BCUT2D eigenvalue weighted by Gasteiger charge is 2.17. The average Bonchev–Trinajstić information content (AvgIpc) is 2.75. The Kier molecular flexibility index (Phi) is 5.62. The monoisotopic (exact) mass is 289 g/mol. The molecule has 1 atom stereocenters. The predicted molar refractivity (Wildman–Crippen MR) is 87.6 cm³/mol. The van der Waals surface area contributed by atoms with Gasteiger partial charge >= 0.3 is 0 Å². The van der Waals surface area contributed by atoms with Crippen molar-refractivity contribution >= 4 is 11.6 Å². The van der Waals surface area contributed by atoms with Crippen LogP contribution >= 0.6 is 0 Å². The zero-order chi connectivity index (χ0) is 15.2. The number of benzene rings is 1. The van der Waals surface area contributed by atoms with E-state index < -0.39 is 0 Å². The van der Waals surface area contributed by atoms with Gasteiger partial charge in [0.25, 0.3) is 0 Å². The van der Waals surface area contributed by atoms with E-state index in [9.17, 15) is 4.79 Å². The van der Waals surface area contributed by atoms with Crippen LogP contribution in [0.1, 0.15) is 38.3 Å². The molecule has 1 heterocycles. The Morgan fingerprint density at radius 2 is 1.90 bits per heavy atom. The van der Waals surface area contributed by atoms with Gasteiger partial charge in [0.1, 0.15) is 0 Å². The SMILES string of the molecule is CCC(NC)c1ccc(N2CCCN(C(C)=O)CC2)cc1. The molecule has 2 rings (SSSR count). The largest absolute Gasteiger partial charge is 0.370 e. The minimum Gasteiger partial charge on any atom is -0.370 e. The summed E-state index contributed by atoms with van der Waals surface area (Å²) in [5.41, 5.74) is 2.60. The van der Waals surface area contributed by atoms with Crippen molar-refractivity contribution in [2.45, 2.75) is 32.7 Å². The highest BCUT2D eigenvalue weighted by molar-refractivity contribution is 5.73. The van der Waals surface area contributed by atoms with Gasteiger partial charge in [-0.3, -0.25) is 4.79 Å². The van der Waals surface area contributed by atoms with Crippen LogP contribution in [0.5, 0.6) is 0 Å². The highest BCUT2D eigenvalue weighted by atomic mass is 16.2. The Hall–Kier alpha value is -1.55. The summed E-state index contributed by atoms with van der Waals surface area (Å²) in [7, 11) is 2.01. The standard InChI is InChI=1S/C17H27N3O/c1-4-17(18-3)15-6-8-16(9-7-15)20-11-5-10-19(12-13-20)14(2)21/h6-9,17-18H,4-5,10-13H2,1-3H3. The molecule has 1 amide bonds. The summed E-state index contributed by atoms with van der Waals surface area (Å²) >= 11 is 0. The lowest BCUT2D eigenvalue weighted by Crippen LogP contribution is -2.33. The second-order valence-corrected chi connectivity index (χ2v) is 5.69. The van der Waals surface area contributed by atoms with Gasteiger partial charge < -0.3 is 15.1 Å². The van der Waals surface area contributed by atoms with Crippen LogP contribution in [-0.2, 0) is 4.79 Å². The average molecular weight is 289 g/mol. The Morgan fingerprint density at radius 1 is 1.19 bits per heavy atom. The second-order valence-electron chi connectivity index (χ2n) is 5.69. The van der Waals surface area contributed by atoms with Crippen LogP contribution < -0.4 is 10.2 Å². The summed E-state index contributed by atoms with van der Waals surface area (Å²) in [6, 6.07) is 9.27. The van der Waals surface area contributed by atoms with Crippen molar-refractivity contribution in [1.29, 1.82) is 0 Å². The Bertz CT molecular complexity index is 454. The first kappa shape index (κ1) is 15.8. The van der Waals surface area contributed by atoms with Crippen LogP contribution in [0.25, 0.3) is 0 Å². The summed E-state index contributed by atoms with van der Waals surface area (Å²) in [4.78, 5) is 15.8. The number of amides is 1. The smallest absolute Gasteiger partial charge is 0.219 e. The third kappa shape index (κ3) is 3.97. The van der Waals surface area contributed by atoms with E-state index in [0.717, 1.165) is 39.0 Å². The summed E-state index contributed by atoms with van der Waals surface area (Å²) in [5, 5.41) is 3.34. The maximum atomic E-state index is 11.5. The van der Waals surface area contributed by atoms with Crippen LogP contribution in [0.3, 0.4) is 0 Å². The molecule has 1 aliphatic heterocycles. The molecule has 1 aromatic carbocycles. The molecule has 1 aromatic rings. The molecule has 4 heteroatoms. The number of anilines is 1. The number of carbonyl (C=O) groups excluding carboxylic acids is 1. The molecule has 0 aromatic heterocycles. The summed E-state index contributed by atoms with van der Waals surface area (Å²) in [5.74, 6) is 0.187. The molecule has 1 fully saturated rings. The zero-order valence-corrected chi connectivity index (χ0v) is 13.4. The molecule has 0 aliphatic carbocycles. The number of hydrogen-bond donors (Lipinski definition) is 1. The fourth-order valence-corrected chi connectivity index (χ4v) is 3.01. The van der Waals surface area contributed by atoms with Crippen molar-refractivity contribution in [2.75, 3.05) is 38.1 Å². The minimum atomic E-state index is 0.187. The van der Waals surface area contributed by atoms with Gasteiger partial charge in [-0.15, -0.1) is 0 Å². The predicted octanol–water partition coefficient (Wildman–Crippen LogP) is 2.42. The zero-order valence-electron chi connectivity index (χ0n) is 13.4. The summed E-state index contributed by atoms with van der Waals surface area (Å²) < 4.78 is 0. The van der Waals surface area contributed by atoms with Gasteiger partial charge in [0, 0.05) is 44.8 Å². The fourth-order valence-electron chi connectivity index (χ4n) is 3.01. The lowest BCUT2D eigenvalue weighted by molar-refractivity contribution is -0.128. The molecule has 1 unspecified atom stereocenters. The number of hydrogen-bond acceptors (Lipinski definition) is 3. The van der Waals surface area contributed by atoms with E-state index in [0.29, 0.717) is 6.04 Å². The maximum Gasteiger partial charge on any atom is 0.219 e. The van der Waals surface area contributed by atoms with Crippen molar-refractivity contribution in [1.82, 2.24) is 10.2 Å². The number of carbonyl (C=O) groups is 1. The van der Waals surface area contributed by atoms with Crippen LogP contribution in [0, 0.1) is 0 Å². The van der Waals surface area contributed by atoms with Gasteiger partial charge in [-0.05, 0) is 37.6 Å². The van der Waals surface area contributed by atoms with Gasteiger partial charge in [-0.2, -0.15) is 0 Å². The molecular formula is C17H27N3O. The lowest BCUT2D eigenvalue weighted by atomic mass is 10.0. The molecule has 116 valence electrons. The lowest BCUT2D eigenvalue weighted by Gasteiger charge is -2.24. The Labute approximate surface area is 128 Å².